The van der Waals surface area contributed by atoms with Crippen molar-refractivity contribution in [2.45, 2.75) is 37.8 Å². The van der Waals surface area contributed by atoms with E-state index in [2.05, 4.69) is 25.3 Å². The molecule has 0 atom stereocenters. The van der Waals surface area contributed by atoms with E-state index in [0.717, 1.165) is 5.01 Å². The lowest BCUT2D eigenvalue weighted by Crippen LogP contribution is -2.27. The van der Waals surface area contributed by atoms with E-state index in [1.807, 2.05) is 0 Å². The van der Waals surface area contributed by atoms with Crippen LogP contribution in [0.4, 0.5) is 13.2 Å². The number of halogens is 4. The molecule has 0 unspecified atom stereocenters. The summed E-state index contributed by atoms with van der Waals surface area (Å²) in [5.74, 6) is -0.970. The fourth-order valence-corrected chi connectivity index (χ4v) is 3.30. The summed E-state index contributed by atoms with van der Waals surface area (Å²) in [5, 5.41) is 0.854. The van der Waals surface area contributed by atoms with E-state index in [0.29, 0.717) is 17.6 Å². The van der Waals surface area contributed by atoms with Gasteiger partial charge in [0.05, 0.1) is 5.92 Å². The lowest BCUT2D eigenvalue weighted by atomic mass is 9.82. The minimum absolute atomic E-state index is 0.155. The molecule has 1 fully saturated rings. The molecule has 1 aliphatic carbocycles. The predicted octanol–water partition coefficient (Wildman–Crippen LogP) is 4.14. The number of nitrogens with zero attached hydrogens (tertiary/aromatic N) is 2. The zero-order chi connectivity index (χ0) is 11.8. The Labute approximate surface area is 104 Å². The second-order valence-electron chi connectivity index (χ2n) is 3.99. The van der Waals surface area contributed by atoms with E-state index in [1.54, 1.807) is 0 Å². The summed E-state index contributed by atoms with van der Waals surface area (Å²) < 4.78 is 41.8. The summed E-state index contributed by atoms with van der Waals surface area (Å²) in [6, 6.07) is 0. The Balaban J connectivity index is 1.95. The molecule has 90 valence electrons. The average molecular weight is 315 g/mol. The first kappa shape index (κ1) is 12.3. The molecule has 0 N–H and O–H groups in total. The molecule has 0 spiro atoms. The molecule has 1 aromatic heterocycles. The van der Waals surface area contributed by atoms with Gasteiger partial charge in [-0.25, -0.2) is 4.98 Å². The maximum atomic E-state index is 12.4. The number of hydrogen-bond acceptors (Lipinski definition) is 3. The smallest absolute Gasteiger partial charge is 0.214 e. The molecular formula is C9H10BrF3N2S. The molecule has 0 saturated heterocycles. The standard InChI is InChI=1S/C9H10BrF3N2S/c10-8-14-7(16-15-8)5-1-3-6(4-2-5)9(11,12)13/h5-6H,1-4H2. The Morgan fingerprint density at radius 2 is 1.81 bits per heavy atom. The summed E-state index contributed by atoms with van der Waals surface area (Å²) in [5.41, 5.74) is 0. The summed E-state index contributed by atoms with van der Waals surface area (Å²) in [6.45, 7) is 0. The van der Waals surface area contributed by atoms with Crippen LogP contribution in [0.1, 0.15) is 36.6 Å². The minimum Gasteiger partial charge on any atom is -0.214 e. The van der Waals surface area contributed by atoms with Crippen LogP contribution in [0, 0.1) is 5.92 Å². The zero-order valence-electron chi connectivity index (χ0n) is 8.30. The zero-order valence-corrected chi connectivity index (χ0v) is 10.7. The molecule has 0 aliphatic heterocycles. The van der Waals surface area contributed by atoms with Crippen molar-refractivity contribution in [2.24, 2.45) is 5.92 Å². The van der Waals surface area contributed by atoms with E-state index in [4.69, 9.17) is 0 Å². The van der Waals surface area contributed by atoms with Crippen LogP contribution < -0.4 is 0 Å². The average Bonchev–Trinajstić information content (AvgIpc) is 2.64. The number of hydrogen-bond donors (Lipinski definition) is 0. The van der Waals surface area contributed by atoms with Gasteiger partial charge in [-0.15, -0.1) is 0 Å². The van der Waals surface area contributed by atoms with Crippen molar-refractivity contribution < 1.29 is 13.2 Å². The third-order valence-corrected chi connectivity index (χ3v) is 4.42. The third kappa shape index (κ3) is 2.74. The maximum absolute atomic E-state index is 12.4. The Bertz CT molecular complexity index is 358. The van der Waals surface area contributed by atoms with Crippen LogP contribution in [0.25, 0.3) is 0 Å². The summed E-state index contributed by atoms with van der Waals surface area (Å²) in [7, 11) is 0. The van der Waals surface area contributed by atoms with Gasteiger partial charge in [-0.3, -0.25) is 0 Å². The van der Waals surface area contributed by atoms with Gasteiger partial charge in [0, 0.05) is 5.92 Å². The van der Waals surface area contributed by atoms with Gasteiger partial charge in [0.15, 0.2) is 0 Å². The molecule has 0 amide bonds. The fraction of sp³-hybridized carbons (Fsp3) is 0.778. The minimum atomic E-state index is -4.04. The van der Waals surface area contributed by atoms with Crippen molar-refractivity contribution in [1.29, 1.82) is 0 Å². The second kappa shape index (κ2) is 4.60. The van der Waals surface area contributed by atoms with Crippen LogP contribution in [-0.4, -0.2) is 15.5 Å². The monoisotopic (exact) mass is 314 g/mol. The number of aromatic nitrogens is 2. The summed E-state index contributed by atoms with van der Waals surface area (Å²) in [6.07, 6.45) is -2.49. The van der Waals surface area contributed by atoms with Gasteiger partial charge < -0.3 is 0 Å². The van der Waals surface area contributed by atoms with Gasteiger partial charge in [-0.1, -0.05) is 0 Å². The molecule has 2 rings (SSSR count). The molecule has 1 saturated carbocycles. The van der Waals surface area contributed by atoms with Crippen molar-refractivity contribution in [2.75, 3.05) is 0 Å². The van der Waals surface area contributed by atoms with Crippen molar-refractivity contribution >= 4 is 27.5 Å². The molecule has 2 nitrogen and oxygen atoms in total. The molecule has 7 heteroatoms. The molecule has 16 heavy (non-hydrogen) atoms. The highest BCUT2D eigenvalue weighted by Crippen LogP contribution is 2.43. The van der Waals surface area contributed by atoms with Gasteiger partial charge in [-0.2, -0.15) is 17.5 Å². The van der Waals surface area contributed by atoms with Crippen LogP contribution in [0.2, 0.25) is 0 Å². The third-order valence-electron chi connectivity index (χ3n) is 2.96. The van der Waals surface area contributed by atoms with Crippen molar-refractivity contribution in [3.63, 3.8) is 0 Å². The van der Waals surface area contributed by atoms with Crippen molar-refractivity contribution in [3.8, 4) is 0 Å². The Hall–Kier alpha value is -0.170. The second-order valence-corrected chi connectivity index (χ2v) is 5.48. The largest absolute Gasteiger partial charge is 0.391 e. The predicted molar refractivity (Wildman–Crippen MR) is 58.4 cm³/mol. The van der Waals surface area contributed by atoms with E-state index >= 15 is 0 Å². The normalized spacial score (nSPS) is 27.0. The Morgan fingerprint density at radius 1 is 1.19 bits per heavy atom. The molecule has 0 aromatic carbocycles. The van der Waals surface area contributed by atoms with Gasteiger partial charge in [0.1, 0.15) is 5.01 Å². The highest BCUT2D eigenvalue weighted by Gasteiger charge is 2.41. The van der Waals surface area contributed by atoms with Crippen molar-refractivity contribution in [1.82, 2.24) is 9.36 Å². The Morgan fingerprint density at radius 3 is 2.25 bits per heavy atom. The Kier molecular flexibility index (Phi) is 3.53. The van der Waals surface area contributed by atoms with Gasteiger partial charge in [0.25, 0.3) is 0 Å². The van der Waals surface area contributed by atoms with Crippen molar-refractivity contribution in [3.05, 3.63) is 9.74 Å². The molecule has 0 bridgehead atoms. The van der Waals surface area contributed by atoms with E-state index in [9.17, 15) is 13.2 Å². The number of alkyl halides is 3. The quantitative estimate of drug-likeness (QED) is 0.778. The molecule has 1 aromatic rings. The maximum Gasteiger partial charge on any atom is 0.391 e. The number of rotatable bonds is 1. The molecule has 1 heterocycles. The van der Waals surface area contributed by atoms with Gasteiger partial charge in [-0.05, 0) is 53.1 Å². The van der Waals surface area contributed by atoms with E-state index in [-0.39, 0.29) is 18.8 Å². The van der Waals surface area contributed by atoms with Gasteiger partial charge in [0.2, 0.25) is 4.73 Å². The lowest BCUT2D eigenvalue weighted by Gasteiger charge is -2.28. The molecule has 1 aliphatic rings. The van der Waals surface area contributed by atoms with Gasteiger partial charge >= 0.3 is 6.18 Å². The van der Waals surface area contributed by atoms with Crippen LogP contribution >= 0.6 is 27.5 Å². The molecule has 0 radical (unpaired) electrons. The first-order valence-corrected chi connectivity index (χ1v) is 6.59. The molecular weight excluding hydrogens is 305 g/mol. The van der Waals surface area contributed by atoms with Crippen LogP contribution in [0.5, 0.6) is 0 Å². The van der Waals surface area contributed by atoms with Crippen LogP contribution in [0.15, 0.2) is 4.73 Å². The first-order chi connectivity index (χ1) is 7.47. The SMILES string of the molecule is FC(F)(F)C1CCC(c2nc(Br)ns2)CC1. The van der Waals surface area contributed by atoms with E-state index < -0.39 is 12.1 Å². The van der Waals surface area contributed by atoms with Crippen LogP contribution in [-0.2, 0) is 0 Å². The van der Waals surface area contributed by atoms with E-state index in [1.165, 1.54) is 11.5 Å². The summed E-state index contributed by atoms with van der Waals surface area (Å²) in [4.78, 5) is 4.16. The lowest BCUT2D eigenvalue weighted by molar-refractivity contribution is -0.182. The summed E-state index contributed by atoms with van der Waals surface area (Å²) >= 11 is 4.43. The highest BCUT2D eigenvalue weighted by atomic mass is 79.9. The van der Waals surface area contributed by atoms with Crippen LogP contribution in [0.3, 0.4) is 0 Å². The fourth-order valence-electron chi connectivity index (χ4n) is 2.05. The highest BCUT2D eigenvalue weighted by molar-refractivity contribution is 9.10. The topological polar surface area (TPSA) is 25.8 Å². The first-order valence-electron chi connectivity index (χ1n) is 5.02.